The minimum atomic E-state index is -0.372. The number of nitrogens with two attached hydrogens (primary N) is 1. The van der Waals surface area contributed by atoms with E-state index in [9.17, 15) is 9.59 Å². The Hall–Kier alpha value is -1.74. The van der Waals surface area contributed by atoms with E-state index < -0.39 is 0 Å². The first kappa shape index (κ1) is 26.9. The molecule has 0 spiro atoms. The first-order chi connectivity index (χ1) is 18.0. The van der Waals surface area contributed by atoms with E-state index in [1.165, 1.54) is 14.6 Å². The molecule has 2 atom stereocenters. The molecule has 202 valence electrons. The maximum Gasteiger partial charge on any atom is 0.242 e. The second-order valence-corrected chi connectivity index (χ2v) is 13.8. The van der Waals surface area contributed by atoms with Crippen molar-refractivity contribution in [2.45, 2.75) is 83.5 Å². The number of carbonyl (C=O) groups excluding carboxylic acids is 2. The molecule has 5 rings (SSSR count). The third kappa shape index (κ3) is 7.02. The average molecular weight is 543 g/mol. The highest BCUT2D eigenvalue weighted by atomic mass is 32.1. The Morgan fingerprint density at radius 3 is 2.43 bits per heavy atom. The Labute approximate surface area is 229 Å². The molecule has 8 heteroatoms. The summed E-state index contributed by atoms with van der Waals surface area (Å²) in [4.78, 5) is 35.3. The van der Waals surface area contributed by atoms with Crippen molar-refractivity contribution in [1.29, 1.82) is 0 Å². The van der Waals surface area contributed by atoms with E-state index in [2.05, 4.69) is 46.8 Å². The maximum atomic E-state index is 13.6. The van der Waals surface area contributed by atoms with Gasteiger partial charge in [-0.05, 0) is 100 Å². The van der Waals surface area contributed by atoms with E-state index >= 15 is 0 Å². The van der Waals surface area contributed by atoms with E-state index in [0.29, 0.717) is 24.8 Å². The predicted octanol–water partition coefficient (Wildman–Crippen LogP) is 4.77. The summed E-state index contributed by atoms with van der Waals surface area (Å²) in [6, 6.07) is 8.63. The summed E-state index contributed by atoms with van der Waals surface area (Å²) in [6.07, 6.45) is 8.16. The molecule has 2 aliphatic carbocycles. The third-order valence-corrected chi connectivity index (χ3v) is 10.4. The van der Waals surface area contributed by atoms with Gasteiger partial charge in [0.15, 0.2) is 0 Å². The van der Waals surface area contributed by atoms with Crippen molar-refractivity contribution in [3.8, 4) is 0 Å². The van der Waals surface area contributed by atoms with E-state index in [0.717, 1.165) is 71.1 Å². The Bertz CT molecular complexity index is 1030. The standard InChI is InChI=1S/C29H42N4O2S2/c1-20-4-11-26(37-20)19-32(18-25-3-2-14-36-25)24-12-13-33(29(35)23-9-10-23)27(15-24)28(34)31-17-22-7-5-21(16-30)6-8-22/h2-4,11,14,21-24,27H,5-10,12-13,15-19,30H2,1H3,(H,31,34)/t21?,22?,24?,27-/m1/s1. The van der Waals surface area contributed by atoms with Gasteiger partial charge in [0.1, 0.15) is 6.04 Å². The molecule has 2 amide bonds. The average Bonchev–Trinajstić information content (AvgIpc) is 3.50. The molecule has 0 bridgehead atoms. The molecule has 0 radical (unpaired) electrons. The number of nitrogens with one attached hydrogen (secondary N) is 1. The predicted molar refractivity (Wildman–Crippen MR) is 151 cm³/mol. The summed E-state index contributed by atoms with van der Waals surface area (Å²) in [5, 5.41) is 5.41. The fraction of sp³-hybridized carbons (Fsp3) is 0.655. The van der Waals surface area contributed by atoms with Gasteiger partial charge in [0.05, 0.1) is 0 Å². The Balaban J connectivity index is 1.27. The smallest absolute Gasteiger partial charge is 0.242 e. The van der Waals surface area contributed by atoms with Gasteiger partial charge < -0.3 is 16.0 Å². The zero-order valence-electron chi connectivity index (χ0n) is 22.1. The molecular formula is C29H42N4O2S2. The molecule has 1 saturated heterocycles. The molecule has 3 heterocycles. The van der Waals surface area contributed by atoms with Gasteiger partial charge in [-0.3, -0.25) is 14.5 Å². The fourth-order valence-electron chi connectivity index (χ4n) is 6.08. The summed E-state index contributed by atoms with van der Waals surface area (Å²) in [6.45, 7) is 6.08. The number of rotatable bonds is 10. The van der Waals surface area contributed by atoms with Gasteiger partial charge in [0.25, 0.3) is 0 Å². The lowest BCUT2D eigenvalue weighted by atomic mass is 9.82. The van der Waals surface area contributed by atoms with Crippen LogP contribution in [0.2, 0.25) is 0 Å². The Morgan fingerprint density at radius 2 is 1.78 bits per heavy atom. The van der Waals surface area contributed by atoms with Crippen LogP contribution in [0.3, 0.4) is 0 Å². The van der Waals surface area contributed by atoms with E-state index in [-0.39, 0.29) is 29.8 Å². The number of amides is 2. The Kier molecular flexibility index (Phi) is 9.01. The quantitative estimate of drug-likeness (QED) is 0.453. The molecule has 3 fully saturated rings. The third-order valence-electron chi connectivity index (χ3n) is 8.56. The minimum Gasteiger partial charge on any atom is -0.354 e. The van der Waals surface area contributed by atoms with E-state index in [4.69, 9.17) is 5.73 Å². The summed E-state index contributed by atoms with van der Waals surface area (Å²) >= 11 is 3.64. The largest absolute Gasteiger partial charge is 0.354 e. The lowest BCUT2D eigenvalue weighted by Crippen LogP contribution is -2.57. The normalized spacial score (nSPS) is 26.4. The van der Waals surface area contributed by atoms with Crippen molar-refractivity contribution in [3.05, 3.63) is 44.3 Å². The number of likely N-dealkylation sites (tertiary alicyclic amines) is 1. The van der Waals surface area contributed by atoms with Gasteiger partial charge in [-0.15, -0.1) is 22.7 Å². The number of hydrogen-bond acceptors (Lipinski definition) is 6. The number of aryl methyl sites for hydroxylation is 1. The lowest BCUT2D eigenvalue weighted by molar-refractivity contribution is -0.145. The number of piperidine rings is 1. The molecule has 37 heavy (non-hydrogen) atoms. The topological polar surface area (TPSA) is 78.7 Å². The monoisotopic (exact) mass is 542 g/mol. The fourth-order valence-corrected chi connectivity index (χ4v) is 7.72. The summed E-state index contributed by atoms with van der Waals surface area (Å²) in [5.74, 6) is 1.54. The number of hydrogen-bond donors (Lipinski definition) is 2. The molecular weight excluding hydrogens is 500 g/mol. The van der Waals surface area contributed by atoms with Crippen molar-refractivity contribution in [1.82, 2.24) is 15.1 Å². The Morgan fingerprint density at radius 1 is 1.03 bits per heavy atom. The first-order valence-corrected chi connectivity index (χ1v) is 15.8. The molecule has 3 N–H and O–H groups in total. The van der Waals surface area contributed by atoms with Gasteiger partial charge in [0, 0.05) is 52.8 Å². The van der Waals surface area contributed by atoms with Crippen LogP contribution in [-0.2, 0) is 22.7 Å². The number of nitrogens with zero attached hydrogens (tertiary/aromatic N) is 2. The summed E-state index contributed by atoms with van der Waals surface area (Å²) < 4.78 is 0. The van der Waals surface area contributed by atoms with Crippen molar-refractivity contribution in [2.75, 3.05) is 19.6 Å². The summed E-state index contributed by atoms with van der Waals surface area (Å²) in [7, 11) is 0. The zero-order valence-corrected chi connectivity index (χ0v) is 23.7. The second kappa shape index (κ2) is 12.4. The van der Waals surface area contributed by atoms with Crippen molar-refractivity contribution >= 4 is 34.5 Å². The number of carbonyl (C=O) groups is 2. The summed E-state index contributed by atoms with van der Waals surface area (Å²) in [5.41, 5.74) is 5.86. The van der Waals surface area contributed by atoms with E-state index in [1.807, 2.05) is 16.2 Å². The molecule has 2 aromatic rings. The van der Waals surface area contributed by atoms with Crippen LogP contribution in [0.4, 0.5) is 0 Å². The SMILES string of the molecule is Cc1ccc(CN(Cc2cccs2)C2CCN(C(=O)C3CC3)[C@@H](C(=O)NCC3CCC(CN)CC3)C2)s1. The van der Waals surface area contributed by atoms with Gasteiger partial charge >= 0.3 is 0 Å². The van der Waals surface area contributed by atoms with Gasteiger partial charge in [-0.2, -0.15) is 0 Å². The first-order valence-electron chi connectivity index (χ1n) is 14.1. The van der Waals surface area contributed by atoms with Crippen LogP contribution in [0.1, 0.15) is 66.0 Å². The molecule has 2 aromatic heterocycles. The van der Waals surface area contributed by atoms with Crippen LogP contribution in [0.15, 0.2) is 29.6 Å². The maximum absolute atomic E-state index is 13.6. The van der Waals surface area contributed by atoms with Crippen molar-refractivity contribution < 1.29 is 9.59 Å². The molecule has 1 aliphatic heterocycles. The van der Waals surface area contributed by atoms with E-state index in [1.54, 1.807) is 11.3 Å². The molecule has 1 unspecified atom stereocenters. The lowest BCUT2D eigenvalue weighted by Gasteiger charge is -2.43. The molecule has 6 nitrogen and oxygen atoms in total. The van der Waals surface area contributed by atoms with Crippen LogP contribution < -0.4 is 11.1 Å². The van der Waals surface area contributed by atoms with Crippen LogP contribution in [0, 0.1) is 24.7 Å². The number of thiophene rings is 2. The van der Waals surface area contributed by atoms with Crippen LogP contribution in [-0.4, -0.2) is 53.3 Å². The van der Waals surface area contributed by atoms with Crippen LogP contribution >= 0.6 is 22.7 Å². The van der Waals surface area contributed by atoms with Crippen LogP contribution in [0.5, 0.6) is 0 Å². The van der Waals surface area contributed by atoms with Crippen molar-refractivity contribution in [2.24, 2.45) is 23.5 Å². The highest BCUT2D eigenvalue weighted by Gasteiger charge is 2.43. The minimum absolute atomic E-state index is 0.0442. The van der Waals surface area contributed by atoms with Gasteiger partial charge in [0.2, 0.25) is 11.8 Å². The molecule has 2 saturated carbocycles. The van der Waals surface area contributed by atoms with Gasteiger partial charge in [-0.25, -0.2) is 0 Å². The highest BCUT2D eigenvalue weighted by molar-refractivity contribution is 7.11. The van der Waals surface area contributed by atoms with Crippen molar-refractivity contribution in [3.63, 3.8) is 0 Å². The molecule has 0 aromatic carbocycles. The zero-order chi connectivity index (χ0) is 25.8. The highest BCUT2D eigenvalue weighted by Crippen LogP contribution is 2.35. The van der Waals surface area contributed by atoms with Gasteiger partial charge in [-0.1, -0.05) is 6.07 Å². The van der Waals surface area contributed by atoms with Crippen LogP contribution in [0.25, 0.3) is 0 Å². The molecule has 3 aliphatic rings. The second-order valence-electron chi connectivity index (χ2n) is 11.4.